The second-order valence-corrected chi connectivity index (χ2v) is 7.10. The molecule has 0 amide bonds. The summed E-state index contributed by atoms with van der Waals surface area (Å²) in [4.78, 5) is 0.304. The van der Waals surface area contributed by atoms with Crippen molar-refractivity contribution in [2.75, 3.05) is 6.54 Å². The summed E-state index contributed by atoms with van der Waals surface area (Å²) >= 11 is 3.38. The molecule has 0 aromatic heterocycles. The molecule has 6 heteroatoms. The van der Waals surface area contributed by atoms with Gasteiger partial charge in [-0.3, -0.25) is 0 Å². The molecule has 1 aromatic carbocycles. The monoisotopic (exact) mass is 348 g/mol. The first kappa shape index (κ1) is 16.6. The number of nitrogens with two attached hydrogens (primary N) is 1. The Morgan fingerprint density at radius 3 is 2.58 bits per heavy atom. The van der Waals surface area contributed by atoms with Crippen LogP contribution in [0.4, 0.5) is 0 Å². The Labute approximate surface area is 124 Å². The van der Waals surface area contributed by atoms with Crippen molar-refractivity contribution in [3.05, 3.63) is 27.7 Å². The van der Waals surface area contributed by atoms with Crippen LogP contribution >= 0.6 is 15.9 Å². The lowest BCUT2D eigenvalue weighted by Gasteiger charge is -2.12. The van der Waals surface area contributed by atoms with Crippen LogP contribution in [0.5, 0.6) is 0 Å². The molecule has 1 rings (SSSR count). The van der Waals surface area contributed by atoms with Crippen molar-refractivity contribution in [1.82, 2.24) is 4.72 Å². The minimum Gasteiger partial charge on any atom is -0.326 e. The fourth-order valence-electron chi connectivity index (χ4n) is 1.76. The van der Waals surface area contributed by atoms with Crippen LogP contribution in [0.25, 0.3) is 0 Å². The van der Waals surface area contributed by atoms with Gasteiger partial charge in [-0.25, -0.2) is 13.1 Å². The van der Waals surface area contributed by atoms with Gasteiger partial charge in [0.15, 0.2) is 0 Å². The van der Waals surface area contributed by atoms with Gasteiger partial charge in [0.25, 0.3) is 0 Å². The minimum absolute atomic E-state index is 0.304. The zero-order valence-electron chi connectivity index (χ0n) is 11.4. The Bertz CT molecular complexity index is 530. The SMILES string of the molecule is CCCCCNS(=O)(=O)c1cc(CN)cc(Br)c1C. The lowest BCUT2D eigenvalue weighted by molar-refractivity contribution is 0.575. The fourth-order valence-corrected chi connectivity index (χ4v) is 3.79. The zero-order valence-corrected chi connectivity index (χ0v) is 13.8. The normalized spacial score (nSPS) is 11.8. The lowest BCUT2D eigenvalue weighted by atomic mass is 10.1. The molecule has 0 aliphatic rings. The molecule has 0 aliphatic heterocycles. The molecular formula is C13H21BrN2O2S. The Kier molecular flexibility index (Phi) is 6.46. The maximum absolute atomic E-state index is 12.3. The molecule has 19 heavy (non-hydrogen) atoms. The predicted molar refractivity (Wildman–Crippen MR) is 81.5 cm³/mol. The first-order valence-corrected chi connectivity index (χ1v) is 8.68. The molecule has 4 nitrogen and oxygen atoms in total. The summed E-state index contributed by atoms with van der Waals surface area (Å²) in [6.07, 6.45) is 2.94. The van der Waals surface area contributed by atoms with E-state index in [-0.39, 0.29) is 0 Å². The van der Waals surface area contributed by atoms with Crippen molar-refractivity contribution < 1.29 is 8.42 Å². The third kappa shape index (κ3) is 4.56. The Morgan fingerprint density at radius 1 is 1.32 bits per heavy atom. The summed E-state index contributed by atoms with van der Waals surface area (Å²) < 4.78 is 27.9. The molecule has 0 saturated heterocycles. The molecule has 0 atom stereocenters. The van der Waals surface area contributed by atoms with Crippen LogP contribution in [0.1, 0.15) is 37.3 Å². The predicted octanol–water partition coefficient (Wildman–Crippen LogP) is 2.68. The number of nitrogens with one attached hydrogen (secondary N) is 1. The third-order valence-corrected chi connectivity index (χ3v) is 5.36. The van der Waals surface area contributed by atoms with Gasteiger partial charge in [0.2, 0.25) is 10.0 Å². The molecule has 0 heterocycles. The van der Waals surface area contributed by atoms with E-state index in [0.717, 1.165) is 29.3 Å². The van der Waals surface area contributed by atoms with Crippen molar-refractivity contribution in [2.24, 2.45) is 5.73 Å². The van der Waals surface area contributed by atoms with Crippen molar-refractivity contribution in [1.29, 1.82) is 0 Å². The van der Waals surface area contributed by atoms with E-state index in [1.807, 2.05) is 6.07 Å². The highest BCUT2D eigenvalue weighted by molar-refractivity contribution is 9.10. The molecule has 3 N–H and O–H groups in total. The van der Waals surface area contributed by atoms with E-state index in [1.165, 1.54) is 0 Å². The standard InChI is InChI=1S/C13H21BrN2O2S/c1-3-4-5-6-16-19(17,18)13-8-11(9-15)7-12(14)10(13)2/h7-8,16H,3-6,9,15H2,1-2H3. The van der Waals surface area contributed by atoms with Crippen LogP contribution in [0, 0.1) is 6.92 Å². The Balaban J connectivity index is 2.97. The summed E-state index contributed by atoms with van der Waals surface area (Å²) in [7, 11) is -3.46. The molecule has 0 spiro atoms. The van der Waals surface area contributed by atoms with Crippen molar-refractivity contribution in [3.63, 3.8) is 0 Å². The number of sulfonamides is 1. The highest BCUT2D eigenvalue weighted by atomic mass is 79.9. The van der Waals surface area contributed by atoms with E-state index < -0.39 is 10.0 Å². The molecule has 108 valence electrons. The zero-order chi connectivity index (χ0) is 14.5. The van der Waals surface area contributed by atoms with Crippen LogP contribution in [-0.4, -0.2) is 15.0 Å². The van der Waals surface area contributed by atoms with Crippen LogP contribution in [0.2, 0.25) is 0 Å². The van der Waals surface area contributed by atoms with Gasteiger partial charge < -0.3 is 5.73 Å². The van der Waals surface area contributed by atoms with Gasteiger partial charge in [-0.2, -0.15) is 0 Å². The third-order valence-electron chi connectivity index (χ3n) is 2.95. The average molecular weight is 349 g/mol. The first-order chi connectivity index (χ1) is 8.92. The van der Waals surface area contributed by atoms with E-state index in [0.29, 0.717) is 23.5 Å². The largest absolute Gasteiger partial charge is 0.326 e. The molecular weight excluding hydrogens is 328 g/mol. The van der Waals surface area contributed by atoms with Crippen molar-refractivity contribution in [2.45, 2.75) is 44.6 Å². The van der Waals surface area contributed by atoms with Gasteiger partial charge >= 0.3 is 0 Å². The van der Waals surface area contributed by atoms with Gasteiger partial charge in [-0.05, 0) is 36.6 Å². The van der Waals surface area contributed by atoms with Gasteiger partial charge in [-0.15, -0.1) is 0 Å². The van der Waals surface area contributed by atoms with Crippen molar-refractivity contribution in [3.8, 4) is 0 Å². The second-order valence-electron chi connectivity index (χ2n) is 4.51. The minimum atomic E-state index is -3.46. The molecule has 0 aliphatic carbocycles. The van der Waals surface area contributed by atoms with E-state index in [1.54, 1.807) is 13.0 Å². The summed E-state index contributed by atoms with van der Waals surface area (Å²) in [5.41, 5.74) is 7.09. The van der Waals surface area contributed by atoms with E-state index in [9.17, 15) is 8.42 Å². The number of halogens is 1. The van der Waals surface area contributed by atoms with Gasteiger partial charge in [0, 0.05) is 17.6 Å². The number of benzene rings is 1. The van der Waals surface area contributed by atoms with Gasteiger partial charge in [0.05, 0.1) is 4.90 Å². The maximum Gasteiger partial charge on any atom is 0.240 e. The summed E-state index contributed by atoms with van der Waals surface area (Å²) in [6, 6.07) is 3.49. The van der Waals surface area contributed by atoms with Crippen LogP contribution in [0.15, 0.2) is 21.5 Å². The van der Waals surface area contributed by atoms with Crippen LogP contribution in [0.3, 0.4) is 0 Å². The first-order valence-electron chi connectivity index (χ1n) is 6.41. The highest BCUT2D eigenvalue weighted by Gasteiger charge is 2.18. The fraction of sp³-hybridized carbons (Fsp3) is 0.538. The quantitative estimate of drug-likeness (QED) is 0.744. The second kappa shape index (κ2) is 7.38. The smallest absolute Gasteiger partial charge is 0.240 e. The summed E-state index contributed by atoms with van der Waals surface area (Å²) in [6.45, 7) is 4.66. The Morgan fingerprint density at radius 2 is 2.00 bits per heavy atom. The van der Waals surface area contributed by atoms with E-state index in [4.69, 9.17) is 5.73 Å². The maximum atomic E-state index is 12.3. The molecule has 1 aromatic rings. The molecule has 0 radical (unpaired) electrons. The lowest BCUT2D eigenvalue weighted by Crippen LogP contribution is -2.25. The summed E-state index contributed by atoms with van der Waals surface area (Å²) in [5, 5.41) is 0. The molecule has 0 bridgehead atoms. The van der Waals surface area contributed by atoms with E-state index in [2.05, 4.69) is 27.6 Å². The molecule has 0 fully saturated rings. The van der Waals surface area contributed by atoms with Crippen LogP contribution in [-0.2, 0) is 16.6 Å². The van der Waals surface area contributed by atoms with Crippen LogP contribution < -0.4 is 10.5 Å². The summed E-state index contributed by atoms with van der Waals surface area (Å²) in [5.74, 6) is 0. The molecule has 0 unspecified atom stereocenters. The highest BCUT2D eigenvalue weighted by Crippen LogP contribution is 2.25. The van der Waals surface area contributed by atoms with Crippen molar-refractivity contribution >= 4 is 26.0 Å². The number of rotatable bonds is 7. The van der Waals surface area contributed by atoms with Gasteiger partial charge in [0.1, 0.15) is 0 Å². The number of hydrogen-bond donors (Lipinski definition) is 2. The van der Waals surface area contributed by atoms with E-state index >= 15 is 0 Å². The van der Waals surface area contributed by atoms with Gasteiger partial charge in [-0.1, -0.05) is 35.7 Å². The topological polar surface area (TPSA) is 72.2 Å². The number of unbranched alkanes of at least 4 members (excludes halogenated alkanes) is 2. The number of hydrogen-bond acceptors (Lipinski definition) is 3. The Hall–Kier alpha value is -0.430. The molecule has 0 saturated carbocycles. The average Bonchev–Trinajstić information content (AvgIpc) is 2.37.